The van der Waals surface area contributed by atoms with E-state index in [1.165, 1.54) is 30.1 Å². The second-order valence-corrected chi connectivity index (χ2v) is 8.66. The topological polar surface area (TPSA) is 103 Å². The zero-order chi connectivity index (χ0) is 24.1. The zero-order valence-corrected chi connectivity index (χ0v) is 19.7. The number of carbonyl (C=O) groups excluding carboxylic acids is 2. The van der Waals surface area contributed by atoms with Crippen LogP contribution in [0.15, 0.2) is 75.2 Å². The number of furan rings is 1. The van der Waals surface area contributed by atoms with Gasteiger partial charge in [0.15, 0.2) is 5.16 Å². The monoisotopic (exact) mass is 497 g/mol. The molecule has 0 fully saturated rings. The number of hydrogen-bond donors (Lipinski definition) is 1. The Labute approximate surface area is 203 Å². The van der Waals surface area contributed by atoms with Gasteiger partial charge in [0.2, 0.25) is 5.91 Å². The zero-order valence-electron chi connectivity index (χ0n) is 18.1. The van der Waals surface area contributed by atoms with Crippen molar-refractivity contribution in [2.75, 3.05) is 12.9 Å². The molecular weight excluding hydrogens is 478 g/mol. The van der Waals surface area contributed by atoms with Gasteiger partial charge < -0.3 is 14.5 Å². The molecule has 34 heavy (non-hydrogen) atoms. The van der Waals surface area contributed by atoms with Gasteiger partial charge in [0.05, 0.1) is 42.1 Å². The van der Waals surface area contributed by atoms with E-state index in [0.717, 1.165) is 17.3 Å². The Morgan fingerprint density at radius 1 is 1.18 bits per heavy atom. The number of rotatable bonds is 8. The second-order valence-electron chi connectivity index (χ2n) is 7.28. The highest BCUT2D eigenvalue weighted by molar-refractivity contribution is 7.99. The quantitative estimate of drug-likeness (QED) is 0.224. The first-order valence-electron chi connectivity index (χ1n) is 10.2. The number of aromatic nitrogens is 2. The Balaban J connectivity index is 1.59. The molecule has 1 N–H and O–H groups in total. The second kappa shape index (κ2) is 10.6. The van der Waals surface area contributed by atoms with Gasteiger partial charge in [-0.1, -0.05) is 35.5 Å². The van der Waals surface area contributed by atoms with E-state index < -0.39 is 5.97 Å². The molecule has 10 heteroatoms. The summed E-state index contributed by atoms with van der Waals surface area (Å²) in [6.45, 7) is 0.479. The number of fused-ring (bicyclic) bond motifs is 1. The third-order valence-electron chi connectivity index (χ3n) is 4.95. The van der Waals surface area contributed by atoms with Gasteiger partial charge in [0.25, 0.3) is 5.56 Å². The standard InChI is InChI=1S/C24H20ClN3O5S/c1-32-23(31)16-7-8-19-20(11-16)27-24(28(22(19)30)13-18-6-3-9-33-18)34-14-21(29)26-12-15-4-2-5-17(25)10-15/h2-11H,12-14H2,1H3,(H,26,29). The number of halogens is 1. The lowest BCUT2D eigenvalue weighted by Gasteiger charge is -2.13. The molecule has 2 aromatic carbocycles. The number of methoxy groups -OCH3 is 1. The molecule has 0 saturated heterocycles. The number of esters is 1. The van der Waals surface area contributed by atoms with E-state index in [-0.39, 0.29) is 29.3 Å². The first kappa shape index (κ1) is 23.6. The van der Waals surface area contributed by atoms with Crippen molar-refractivity contribution in [3.8, 4) is 0 Å². The first-order chi connectivity index (χ1) is 16.4. The van der Waals surface area contributed by atoms with E-state index in [0.29, 0.717) is 33.4 Å². The predicted octanol–water partition coefficient (Wildman–Crippen LogP) is 3.89. The molecule has 0 aliphatic heterocycles. The molecule has 0 saturated carbocycles. The van der Waals surface area contributed by atoms with E-state index in [1.807, 2.05) is 12.1 Å². The Morgan fingerprint density at radius 3 is 2.76 bits per heavy atom. The summed E-state index contributed by atoms with van der Waals surface area (Å²) in [6.07, 6.45) is 1.52. The maximum Gasteiger partial charge on any atom is 0.337 e. The van der Waals surface area contributed by atoms with Crippen molar-refractivity contribution in [2.24, 2.45) is 0 Å². The van der Waals surface area contributed by atoms with Gasteiger partial charge in [-0.2, -0.15) is 0 Å². The molecular formula is C24H20ClN3O5S. The summed E-state index contributed by atoms with van der Waals surface area (Å²) in [5.74, 6) is -0.153. The maximum atomic E-state index is 13.3. The van der Waals surface area contributed by atoms with Crippen molar-refractivity contribution < 1.29 is 18.7 Å². The Bertz CT molecular complexity index is 1400. The van der Waals surface area contributed by atoms with Crippen LogP contribution < -0.4 is 10.9 Å². The smallest absolute Gasteiger partial charge is 0.337 e. The highest BCUT2D eigenvalue weighted by Gasteiger charge is 2.16. The minimum Gasteiger partial charge on any atom is -0.467 e. The minimum absolute atomic E-state index is 0.0351. The molecule has 0 aliphatic carbocycles. The molecule has 4 rings (SSSR count). The van der Waals surface area contributed by atoms with Crippen LogP contribution in [0.2, 0.25) is 5.02 Å². The van der Waals surface area contributed by atoms with E-state index in [2.05, 4.69) is 10.3 Å². The summed E-state index contributed by atoms with van der Waals surface area (Å²) in [4.78, 5) is 42.2. The molecule has 0 unspecified atom stereocenters. The fourth-order valence-electron chi connectivity index (χ4n) is 3.28. The summed E-state index contributed by atoms with van der Waals surface area (Å²) >= 11 is 7.11. The number of benzene rings is 2. The minimum atomic E-state index is -0.530. The van der Waals surface area contributed by atoms with Crippen molar-refractivity contribution in [2.45, 2.75) is 18.2 Å². The number of amides is 1. The predicted molar refractivity (Wildman–Crippen MR) is 129 cm³/mol. The molecule has 0 bridgehead atoms. The number of hydrogen-bond acceptors (Lipinski definition) is 7. The summed E-state index contributed by atoms with van der Waals surface area (Å²) in [6, 6.07) is 15.3. The number of ether oxygens (including phenoxy) is 1. The Kier molecular flexibility index (Phi) is 7.34. The van der Waals surface area contributed by atoms with Crippen molar-refractivity contribution in [1.29, 1.82) is 0 Å². The van der Waals surface area contributed by atoms with Crippen LogP contribution in [0.1, 0.15) is 21.7 Å². The van der Waals surface area contributed by atoms with E-state index >= 15 is 0 Å². The Hall–Kier alpha value is -3.56. The van der Waals surface area contributed by atoms with Gasteiger partial charge in [-0.05, 0) is 48.0 Å². The third kappa shape index (κ3) is 5.49. The van der Waals surface area contributed by atoms with Crippen LogP contribution in [-0.2, 0) is 22.6 Å². The lowest BCUT2D eigenvalue weighted by Crippen LogP contribution is -2.27. The normalized spacial score (nSPS) is 10.9. The highest BCUT2D eigenvalue weighted by atomic mass is 35.5. The summed E-state index contributed by atoms with van der Waals surface area (Å²) in [5, 5.41) is 4.09. The van der Waals surface area contributed by atoms with E-state index in [1.54, 1.807) is 30.3 Å². The number of carbonyl (C=O) groups is 2. The molecule has 0 atom stereocenters. The van der Waals surface area contributed by atoms with Crippen LogP contribution in [0, 0.1) is 0 Å². The molecule has 0 radical (unpaired) electrons. The molecule has 8 nitrogen and oxygen atoms in total. The van der Waals surface area contributed by atoms with Crippen LogP contribution >= 0.6 is 23.4 Å². The molecule has 2 aromatic heterocycles. The molecule has 4 aromatic rings. The molecule has 174 valence electrons. The van der Waals surface area contributed by atoms with Crippen LogP contribution in [0.25, 0.3) is 10.9 Å². The fourth-order valence-corrected chi connectivity index (χ4v) is 4.32. The van der Waals surface area contributed by atoms with Gasteiger partial charge in [0, 0.05) is 11.6 Å². The summed E-state index contributed by atoms with van der Waals surface area (Å²) in [5.41, 5.74) is 1.19. The first-order valence-corrected chi connectivity index (χ1v) is 11.6. The van der Waals surface area contributed by atoms with Crippen molar-refractivity contribution in [3.63, 3.8) is 0 Å². The maximum absolute atomic E-state index is 13.3. The number of nitrogens with zero attached hydrogens (tertiary/aromatic N) is 2. The van der Waals surface area contributed by atoms with E-state index in [4.69, 9.17) is 20.8 Å². The van der Waals surface area contributed by atoms with Crippen molar-refractivity contribution in [3.05, 3.63) is 93.1 Å². The molecule has 0 spiro atoms. The number of nitrogens with one attached hydrogen (secondary N) is 1. The van der Waals surface area contributed by atoms with Crippen molar-refractivity contribution in [1.82, 2.24) is 14.9 Å². The van der Waals surface area contributed by atoms with Gasteiger partial charge in [0.1, 0.15) is 5.76 Å². The molecule has 1 amide bonds. The van der Waals surface area contributed by atoms with E-state index in [9.17, 15) is 14.4 Å². The lowest BCUT2D eigenvalue weighted by molar-refractivity contribution is -0.118. The van der Waals surface area contributed by atoms with Gasteiger partial charge in [-0.15, -0.1) is 0 Å². The summed E-state index contributed by atoms with van der Waals surface area (Å²) in [7, 11) is 1.28. The average molecular weight is 498 g/mol. The van der Waals surface area contributed by atoms with Crippen LogP contribution in [-0.4, -0.2) is 34.3 Å². The highest BCUT2D eigenvalue weighted by Crippen LogP contribution is 2.20. The fraction of sp³-hybridized carbons (Fsp3) is 0.167. The van der Waals surface area contributed by atoms with Gasteiger partial charge >= 0.3 is 5.97 Å². The average Bonchev–Trinajstić information content (AvgIpc) is 3.36. The number of thioether (sulfide) groups is 1. The SMILES string of the molecule is COC(=O)c1ccc2c(=O)n(Cc3ccco3)c(SCC(=O)NCc3cccc(Cl)c3)nc2c1. The summed E-state index contributed by atoms with van der Waals surface area (Å²) < 4.78 is 11.6. The molecule has 2 heterocycles. The van der Waals surface area contributed by atoms with Crippen LogP contribution in [0.3, 0.4) is 0 Å². The van der Waals surface area contributed by atoms with Gasteiger partial charge in [-0.3, -0.25) is 14.2 Å². The van der Waals surface area contributed by atoms with Crippen LogP contribution in [0.5, 0.6) is 0 Å². The van der Waals surface area contributed by atoms with Gasteiger partial charge in [-0.25, -0.2) is 9.78 Å². The third-order valence-corrected chi connectivity index (χ3v) is 6.16. The molecule has 0 aliphatic rings. The Morgan fingerprint density at radius 2 is 2.03 bits per heavy atom. The van der Waals surface area contributed by atoms with Crippen LogP contribution in [0.4, 0.5) is 0 Å². The van der Waals surface area contributed by atoms with Crippen molar-refractivity contribution >= 4 is 46.1 Å². The lowest BCUT2D eigenvalue weighted by atomic mass is 10.1. The largest absolute Gasteiger partial charge is 0.467 e.